The second-order valence-electron chi connectivity index (χ2n) is 7.82. The average molecular weight is 391 g/mol. The number of piperidine rings is 1. The average Bonchev–Trinajstić information content (AvgIpc) is 2.90. The molecule has 3 rings (SSSR count). The number of carbonyl (C=O) groups is 4. The van der Waals surface area contributed by atoms with Gasteiger partial charge in [0.25, 0.3) is 5.91 Å². The summed E-state index contributed by atoms with van der Waals surface area (Å²) in [6, 6.07) is 2.11. The Morgan fingerprint density at radius 3 is 2.68 bits per heavy atom. The van der Waals surface area contributed by atoms with Gasteiger partial charge in [0.2, 0.25) is 11.8 Å². The minimum absolute atomic E-state index is 0.0629. The number of fused-ring (bicyclic) bond motifs is 1. The Morgan fingerprint density at radius 1 is 1.32 bits per heavy atom. The molecule has 0 radical (unpaired) electrons. The van der Waals surface area contributed by atoms with Gasteiger partial charge in [-0.05, 0) is 33.3 Å². The third-order valence-electron chi connectivity index (χ3n) is 4.55. The first-order chi connectivity index (χ1) is 13.1. The molecule has 2 N–H and O–H groups in total. The lowest BCUT2D eigenvalue weighted by atomic mass is 10.0. The minimum Gasteiger partial charge on any atom is -0.444 e. The molecule has 1 atom stereocenters. The molecule has 0 spiro atoms. The number of alkyl carbamates (subject to hydrolysis) is 1. The van der Waals surface area contributed by atoms with Crippen LogP contribution < -0.4 is 10.6 Å². The maximum atomic E-state index is 14.9. The third kappa shape index (κ3) is 3.97. The molecule has 150 valence electrons. The van der Waals surface area contributed by atoms with E-state index in [0.717, 1.165) is 0 Å². The number of rotatable bonds is 3. The van der Waals surface area contributed by atoms with E-state index in [1.807, 2.05) is 0 Å². The van der Waals surface area contributed by atoms with Gasteiger partial charge in [-0.3, -0.25) is 19.7 Å². The van der Waals surface area contributed by atoms with Crippen LogP contribution in [0.15, 0.2) is 12.1 Å². The molecule has 8 nitrogen and oxygen atoms in total. The first-order valence-electron chi connectivity index (χ1n) is 8.98. The van der Waals surface area contributed by atoms with E-state index in [9.17, 15) is 23.6 Å². The van der Waals surface area contributed by atoms with Crippen LogP contribution >= 0.6 is 0 Å². The van der Waals surface area contributed by atoms with Gasteiger partial charge in [-0.15, -0.1) is 0 Å². The summed E-state index contributed by atoms with van der Waals surface area (Å²) >= 11 is 0. The van der Waals surface area contributed by atoms with Crippen molar-refractivity contribution in [2.45, 2.75) is 58.3 Å². The van der Waals surface area contributed by atoms with Gasteiger partial charge in [0.15, 0.2) is 0 Å². The van der Waals surface area contributed by atoms with E-state index in [4.69, 9.17) is 4.74 Å². The number of nitrogens with zero attached hydrogens (tertiary/aromatic N) is 1. The summed E-state index contributed by atoms with van der Waals surface area (Å²) < 4.78 is 20.0. The number of ether oxygens (including phenoxy) is 1. The summed E-state index contributed by atoms with van der Waals surface area (Å²) in [5.41, 5.74) is -0.0981. The number of hydrogen-bond donors (Lipinski definition) is 2. The van der Waals surface area contributed by atoms with Crippen molar-refractivity contribution < 1.29 is 28.3 Å². The number of hydrogen-bond acceptors (Lipinski definition) is 5. The highest BCUT2D eigenvalue weighted by Gasteiger charge is 2.40. The van der Waals surface area contributed by atoms with Crippen molar-refractivity contribution in [1.82, 2.24) is 15.5 Å². The van der Waals surface area contributed by atoms with Crippen LogP contribution in [0, 0.1) is 5.82 Å². The van der Waals surface area contributed by atoms with Crippen LogP contribution in [-0.4, -0.2) is 40.4 Å². The quantitative estimate of drug-likeness (QED) is 0.762. The highest BCUT2D eigenvalue weighted by atomic mass is 19.1. The van der Waals surface area contributed by atoms with Gasteiger partial charge in [0.1, 0.15) is 17.5 Å². The molecule has 1 aromatic rings. The standard InChI is InChI=1S/C19H22FN3O5/c1-19(2,3)28-18(27)21-8-10-4-5-11-12(15(10)20)9-23(17(11)26)13-6-7-14(24)22-16(13)25/h4-5,13H,6-9H2,1-3H3,(H,21,27)(H,22,24,25). The van der Waals surface area contributed by atoms with Gasteiger partial charge >= 0.3 is 6.09 Å². The van der Waals surface area contributed by atoms with Gasteiger partial charge in [-0.1, -0.05) is 6.07 Å². The number of halogens is 1. The molecule has 4 amide bonds. The SMILES string of the molecule is CC(C)(C)OC(=O)NCc1ccc2c(c1F)CN(C1CCC(=O)NC1=O)C2=O. The second kappa shape index (κ2) is 7.21. The van der Waals surface area contributed by atoms with Crippen LogP contribution in [0.2, 0.25) is 0 Å². The molecule has 1 aromatic carbocycles. The summed E-state index contributed by atoms with van der Waals surface area (Å²) in [6.07, 6.45) is -0.336. The Bertz CT molecular complexity index is 862. The third-order valence-corrected chi connectivity index (χ3v) is 4.55. The van der Waals surface area contributed by atoms with E-state index >= 15 is 0 Å². The van der Waals surface area contributed by atoms with E-state index in [1.165, 1.54) is 17.0 Å². The number of amides is 4. The molecule has 0 bridgehead atoms. The maximum absolute atomic E-state index is 14.9. The lowest BCUT2D eigenvalue weighted by Crippen LogP contribution is -2.52. The molecule has 1 saturated heterocycles. The molecule has 1 fully saturated rings. The zero-order chi connectivity index (χ0) is 20.6. The number of benzene rings is 1. The molecule has 0 saturated carbocycles. The van der Waals surface area contributed by atoms with Crippen LogP contribution in [0.25, 0.3) is 0 Å². The second-order valence-corrected chi connectivity index (χ2v) is 7.82. The van der Waals surface area contributed by atoms with Gasteiger partial charge in [0.05, 0.1) is 6.54 Å². The highest BCUT2D eigenvalue weighted by molar-refractivity contribution is 6.05. The van der Waals surface area contributed by atoms with E-state index < -0.39 is 35.4 Å². The Kier molecular flexibility index (Phi) is 5.10. The molecule has 2 aliphatic heterocycles. The van der Waals surface area contributed by atoms with Crippen molar-refractivity contribution in [2.75, 3.05) is 0 Å². The largest absolute Gasteiger partial charge is 0.444 e. The lowest BCUT2D eigenvalue weighted by Gasteiger charge is -2.29. The summed E-state index contributed by atoms with van der Waals surface area (Å²) in [5, 5.41) is 4.69. The van der Waals surface area contributed by atoms with Gasteiger partial charge < -0.3 is 15.0 Å². The number of imide groups is 1. The van der Waals surface area contributed by atoms with Gasteiger partial charge in [-0.25, -0.2) is 9.18 Å². The molecule has 2 heterocycles. The summed E-state index contributed by atoms with van der Waals surface area (Å²) in [5.74, 6) is -1.98. The van der Waals surface area contributed by atoms with Crippen molar-refractivity contribution in [2.24, 2.45) is 0 Å². The van der Waals surface area contributed by atoms with E-state index in [1.54, 1.807) is 20.8 Å². The molecule has 1 unspecified atom stereocenters. The van der Waals surface area contributed by atoms with Crippen LogP contribution in [0.3, 0.4) is 0 Å². The molecule has 2 aliphatic rings. The number of carbonyl (C=O) groups excluding carboxylic acids is 4. The minimum atomic E-state index is -0.805. The molecule has 0 aliphatic carbocycles. The van der Waals surface area contributed by atoms with Crippen LogP contribution in [-0.2, 0) is 27.4 Å². The molecule has 9 heteroatoms. The van der Waals surface area contributed by atoms with Crippen molar-refractivity contribution in [1.29, 1.82) is 0 Å². The Labute approximate surface area is 161 Å². The predicted octanol–water partition coefficient (Wildman–Crippen LogP) is 1.61. The summed E-state index contributed by atoms with van der Waals surface area (Å²) in [7, 11) is 0. The van der Waals surface area contributed by atoms with Crippen LogP contribution in [0.4, 0.5) is 9.18 Å². The zero-order valence-electron chi connectivity index (χ0n) is 15.9. The predicted molar refractivity (Wildman–Crippen MR) is 95.5 cm³/mol. The van der Waals surface area contributed by atoms with E-state index in [-0.39, 0.29) is 48.5 Å². The fourth-order valence-corrected chi connectivity index (χ4v) is 3.27. The smallest absolute Gasteiger partial charge is 0.407 e. The van der Waals surface area contributed by atoms with Crippen molar-refractivity contribution >= 4 is 23.8 Å². The van der Waals surface area contributed by atoms with Gasteiger partial charge in [0, 0.05) is 29.7 Å². The highest BCUT2D eigenvalue weighted by Crippen LogP contribution is 2.30. The summed E-state index contributed by atoms with van der Waals surface area (Å²) in [4.78, 5) is 49.0. The molecular formula is C19H22FN3O5. The van der Waals surface area contributed by atoms with Crippen molar-refractivity contribution in [3.05, 3.63) is 34.6 Å². The monoisotopic (exact) mass is 391 g/mol. The molecule has 28 heavy (non-hydrogen) atoms. The topological polar surface area (TPSA) is 105 Å². The zero-order valence-corrected chi connectivity index (χ0v) is 15.9. The first kappa shape index (κ1) is 19.8. The Hall–Kier alpha value is -2.97. The fourth-order valence-electron chi connectivity index (χ4n) is 3.27. The fraction of sp³-hybridized carbons (Fsp3) is 0.474. The van der Waals surface area contributed by atoms with Crippen LogP contribution in [0.1, 0.15) is 55.1 Å². The van der Waals surface area contributed by atoms with Crippen molar-refractivity contribution in [3.63, 3.8) is 0 Å². The maximum Gasteiger partial charge on any atom is 0.407 e. The molecule has 0 aromatic heterocycles. The van der Waals surface area contributed by atoms with E-state index in [2.05, 4.69) is 10.6 Å². The normalized spacial score (nSPS) is 19.4. The first-order valence-corrected chi connectivity index (χ1v) is 8.98. The van der Waals surface area contributed by atoms with Crippen LogP contribution in [0.5, 0.6) is 0 Å². The van der Waals surface area contributed by atoms with Gasteiger partial charge in [-0.2, -0.15) is 0 Å². The summed E-state index contributed by atoms with van der Waals surface area (Å²) in [6.45, 7) is 5.00. The molecular weight excluding hydrogens is 369 g/mol. The lowest BCUT2D eigenvalue weighted by molar-refractivity contribution is -0.136. The van der Waals surface area contributed by atoms with E-state index in [0.29, 0.717) is 0 Å². The van der Waals surface area contributed by atoms with Crippen molar-refractivity contribution in [3.8, 4) is 0 Å². The Morgan fingerprint density at radius 2 is 2.04 bits per heavy atom. The number of nitrogens with one attached hydrogen (secondary N) is 2. The Balaban J connectivity index is 1.73.